The van der Waals surface area contributed by atoms with E-state index in [4.69, 9.17) is 0 Å². The van der Waals surface area contributed by atoms with Gasteiger partial charge in [0, 0.05) is 11.9 Å². The maximum Gasteiger partial charge on any atom is 0.258 e. The number of hydrogen-bond acceptors (Lipinski definition) is 3. The van der Waals surface area contributed by atoms with Crippen LogP contribution in [0.2, 0.25) is 0 Å². The summed E-state index contributed by atoms with van der Waals surface area (Å²) in [6.45, 7) is 1.36. The molecule has 0 aromatic heterocycles. The zero-order valence-electron chi connectivity index (χ0n) is 8.94. The third-order valence-corrected chi connectivity index (χ3v) is 3.18. The van der Waals surface area contributed by atoms with Crippen LogP contribution in [0, 0.1) is 0 Å². The van der Waals surface area contributed by atoms with E-state index in [1.807, 2.05) is 0 Å². The maximum atomic E-state index is 12.2. The lowest BCUT2D eigenvalue weighted by Gasteiger charge is -2.14. The van der Waals surface area contributed by atoms with Crippen molar-refractivity contribution in [1.82, 2.24) is 0 Å². The number of rotatable bonds is 4. The average molecular weight is 249 g/mol. The summed E-state index contributed by atoms with van der Waals surface area (Å²) in [5.41, 5.74) is 0.472. The number of alkyl halides is 2. The van der Waals surface area contributed by atoms with Crippen LogP contribution in [-0.4, -0.2) is 27.1 Å². The van der Waals surface area contributed by atoms with E-state index in [-0.39, 0.29) is 4.90 Å². The van der Waals surface area contributed by atoms with Crippen LogP contribution in [0.15, 0.2) is 29.2 Å². The Morgan fingerprint density at radius 3 is 2.06 bits per heavy atom. The first-order chi connectivity index (χ1) is 7.30. The lowest BCUT2D eigenvalue weighted by Crippen LogP contribution is -2.23. The molecule has 1 N–H and O–H groups in total. The monoisotopic (exact) mass is 249 g/mol. The van der Waals surface area contributed by atoms with Crippen LogP contribution in [0.3, 0.4) is 0 Å². The molecule has 0 heterocycles. The Bertz CT molecular complexity index is 442. The number of anilines is 1. The fraction of sp³-hybridized carbons (Fsp3) is 0.400. The zero-order chi connectivity index (χ0) is 12.3. The van der Waals surface area contributed by atoms with E-state index in [0.717, 1.165) is 6.26 Å². The Kier molecular flexibility index (Phi) is 3.85. The molecule has 0 aliphatic carbocycles. The average Bonchev–Trinajstić information content (AvgIpc) is 2.17. The number of nitrogens with one attached hydrogen (secondary N) is 1. The van der Waals surface area contributed by atoms with E-state index in [9.17, 15) is 17.2 Å². The summed E-state index contributed by atoms with van der Waals surface area (Å²) in [5.74, 6) is 0. The molecule has 6 heteroatoms. The molecule has 1 rings (SSSR count). The normalized spacial score (nSPS) is 13.8. The molecular weight excluding hydrogens is 236 g/mol. The lowest BCUT2D eigenvalue weighted by molar-refractivity contribution is 0.131. The highest BCUT2D eigenvalue weighted by Crippen LogP contribution is 2.16. The highest BCUT2D eigenvalue weighted by atomic mass is 32.2. The van der Waals surface area contributed by atoms with E-state index in [1.165, 1.54) is 31.2 Å². The van der Waals surface area contributed by atoms with Crippen LogP contribution in [0.5, 0.6) is 0 Å². The molecule has 3 nitrogen and oxygen atoms in total. The highest BCUT2D eigenvalue weighted by molar-refractivity contribution is 7.90. The van der Waals surface area contributed by atoms with Crippen LogP contribution >= 0.6 is 0 Å². The minimum Gasteiger partial charge on any atom is -0.377 e. The molecule has 0 aliphatic heterocycles. The second-order valence-corrected chi connectivity index (χ2v) is 5.58. The van der Waals surface area contributed by atoms with Crippen molar-refractivity contribution in [3.63, 3.8) is 0 Å². The van der Waals surface area contributed by atoms with Crippen LogP contribution < -0.4 is 5.32 Å². The summed E-state index contributed by atoms with van der Waals surface area (Å²) in [5, 5.41) is 2.58. The summed E-state index contributed by atoms with van der Waals surface area (Å²) in [6.07, 6.45) is -1.37. The zero-order valence-corrected chi connectivity index (χ0v) is 9.76. The van der Waals surface area contributed by atoms with Crippen LogP contribution in [-0.2, 0) is 9.84 Å². The van der Waals surface area contributed by atoms with Gasteiger partial charge in [-0.25, -0.2) is 17.2 Å². The molecule has 0 saturated carbocycles. The quantitative estimate of drug-likeness (QED) is 0.889. The van der Waals surface area contributed by atoms with Gasteiger partial charge in [-0.15, -0.1) is 0 Å². The highest BCUT2D eigenvalue weighted by Gasteiger charge is 2.14. The molecule has 1 aromatic rings. The second kappa shape index (κ2) is 4.78. The van der Waals surface area contributed by atoms with Crippen LogP contribution in [0.1, 0.15) is 6.92 Å². The minimum atomic E-state index is -3.24. The predicted molar refractivity (Wildman–Crippen MR) is 58.6 cm³/mol. The van der Waals surface area contributed by atoms with Gasteiger partial charge in [0.1, 0.15) is 0 Å². The molecule has 0 bridgehead atoms. The van der Waals surface area contributed by atoms with Crippen molar-refractivity contribution in [2.75, 3.05) is 11.6 Å². The number of sulfone groups is 1. The summed E-state index contributed by atoms with van der Waals surface area (Å²) in [7, 11) is -3.24. The summed E-state index contributed by atoms with van der Waals surface area (Å²) >= 11 is 0. The van der Waals surface area contributed by atoms with Gasteiger partial charge in [0.05, 0.1) is 10.9 Å². The Morgan fingerprint density at radius 1 is 1.19 bits per heavy atom. The number of benzene rings is 1. The third kappa shape index (κ3) is 3.44. The first kappa shape index (κ1) is 12.9. The van der Waals surface area contributed by atoms with Crippen molar-refractivity contribution in [3.05, 3.63) is 24.3 Å². The van der Waals surface area contributed by atoms with Crippen LogP contribution in [0.25, 0.3) is 0 Å². The summed E-state index contributed by atoms with van der Waals surface area (Å²) < 4.78 is 46.7. The van der Waals surface area contributed by atoms with Gasteiger partial charge < -0.3 is 5.32 Å². The van der Waals surface area contributed by atoms with E-state index < -0.39 is 22.3 Å². The molecule has 16 heavy (non-hydrogen) atoms. The Morgan fingerprint density at radius 2 is 1.69 bits per heavy atom. The standard InChI is InChI=1S/C10H13F2NO2S/c1-7(10(11)12)13-8-3-5-9(6-4-8)16(2,14)15/h3-7,10,13H,1-2H3. The Hall–Kier alpha value is -1.17. The Balaban J connectivity index is 2.80. The number of halogens is 2. The van der Waals surface area contributed by atoms with Gasteiger partial charge in [-0.2, -0.15) is 0 Å². The van der Waals surface area contributed by atoms with E-state index >= 15 is 0 Å². The van der Waals surface area contributed by atoms with Crippen molar-refractivity contribution >= 4 is 15.5 Å². The molecule has 1 aromatic carbocycles. The number of hydrogen-bond donors (Lipinski definition) is 1. The summed E-state index contributed by atoms with van der Waals surface area (Å²) in [6, 6.07) is 4.74. The van der Waals surface area contributed by atoms with Gasteiger partial charge in [-0.05, 0) is 31.2 Å². The molecule has 90 valence electrons. The van der Waals surface area contributed by atoms with E-state index in [1.54, 1.807) is 0 Å². The van der Waals surface area contributed by atoms with Crippen molar-refractivity contribution in [1.29, 1.82) is 0 Å². The van der Waals surface area contributed by atoms with Crippen molar-refractivity contribution < 1.29 is 17.2 Å². The Labute approximate surface area is 93.4 Å². The SMILES string of the molecule is CC(Nc1ccc(S(C)(=O)=O)cc1)C(F)F. The lowest BCUT2D eigenvalue weighted by atomic mass is 10.3. The first-order valence-electron chi connectivity index (χ1n) is 4.65. The molecule has 0 spiro atoms. The molecule has 0 saturated heterocycles. The van der Waals surface area contributed by atoms with Gasteiger partial charge in [0.2, 0.25) is 0 Å². The topological polar surface area (TPSA) is 46.2 Å². The van der Waals surface area contributed by atoms with Gasteiger partial charge in [-0.3, -0.25) is 0 Å². The third-order valence-electron chi connectivity index (χ3n) is 2.05. The van der Waals surface area contributed by atoms with Gasteiger partial charge in [0.25, 0.3) is 6.43 Å². The van der Waals surface area contributed by atoms with Gasteiger partial charge in [0.15, 0.2) is 9.84 Å². The molecule has 1 unspecified atom stereocenters. The second-order valence-electron chi connectivity index (χ2n) is 3.56. The molecule has 0 radical (unpaired) electrons. The molecule has 0 fully saturated rings. The molecule has 0 aliphatic rings. The van der Waals surface area contributed by atoms with Crippen molar-refractivity contribution in [3.8, 4) is 0 Å². The maximum absolute atomic E-state index is 12.2. The minimum absolute atomic E-state index is 0.169. The van der Waals surface area contributed by atoms with Crippen molar-refractivity contribution in [2.45, 2.75) is 24.3 Å². The first-order valence-corrected chi connectivity index (χ1v) is 6.54. The molecule has 0 amide bonds. The predicted octanol–water partition coefficient (Wildman–Crippen LogP) is 2.16. The largest absolute Gasteiger partial charge is 0.377 e. The fourth-order valence-electron chi connectivity index (χ4n) is 1.12. The van der Waals surface area contributed by atoms with E-state index in [0.29, 0.717) is 5.69 Å². The van der Waals surface area contributed by atoms with Crippen LogP contribution in [0.4, 0.5) is 14.5 Å². The fourth-order valence-corrected chi connectivity index (χ4v) is 1.75. The van der Waals surface area contributed by atoms with Gasteiger partial charge in [-0.1, -0.05) is 0 Å². The van der Waals surface area contributed by atoms with Gasteiger partial charge >= 0.3 is 0 Å². The molecule has 1 atom stereocenters. The summed E-state index contributed by atoms with van der Waals surface area (Å²) in [4.78, 5) is 0.169. The molecular formula is C10H13F2NO2S. The van der Waals surface area contributed by atoms with Crippen molar-refractivity contribution in [2.24, 2.45) is 0 Å². The van der Waals surface area contributed by atoms with E-state index in [2.05, 4.69) is 5.32 Å². The smallest absolute Gasteiger partial charge is 0.258 e.